The number of para-hydroxylation sites is 1. The third-order valence-corrected chi connectivity index (χ3v) is 5.90. The van der Waals surface area contributed by atoms with E-state index < -0.39 is 0 Å². The predicted octanol–water partition coefficient (Wildman–Crippen LogP) is 5.60. The largest absolute Gasteiger partial charge is 0.357 e. The van der Waals surface area contributed by atoms with Crippen molar-refractivity contribution >= 4 is 16.7 Å². The molecule has 0 bridgehead atoms. The minimum atomic E-state index is -0.373. The minimum absolute atomic E-state index is 0.127. The van der Waals surface area contributed by atoms with Crippen LogP contribution in [0.2, 0.25) is 0 Å². The van der Waals surface area contributed by atoms with Gasteiger partial charge in [0.1, 0.15) is 0 Å². The third-order valence-electron chi connectivity index (χ3n) is 5.90. The van der Waals surface area contributed by atoms with Crippen LogP contribution in [0, 0.1) is 5.41 Å². The van der Waals surface area contributed by atoms with E-state index in [-0.39, 0.29) is 28.5 Å². The fraction of sp³-hybridized carbons (Fsp3) is 0.609. The summed E-state index contributed by atoms with van der Waals surface area (Å²) in [5, 5.41) is 1.25. The van der Waals surface area contributed by atoms with Crippen molar-refractivity contribution in [2.24, 2.45) is 5.41 Å². The SMILES string of the molecule is CC1c2c([nH]c3ccccc23)C(C)(C)N(C(C)(C)C)C1C(=O)C(C)(C)C. The predicted molar refractivity (Wildman–Crippen MR) is 110 cm³/mol. The molecule has 26 heavy (non-hydrogen) atoms. The molecule has 1 aliphatic heterocycles. The van der Waals surface area contributed by atoms with Gasteiger partial charge in [-0.05, 0) is 46.2 Å². The molecule has 3 rings (SSSR count). The molecule has 0 spiro atoms. The van der Waals surface area contributed by atoms with E-state index >= 15 is 0 Å². The average molecular weight is 355 g/mol. The molecule has 0 amide bonds. The highest BCUT2D eigenvalue weighted by Crippen LogP contribution is 2.50. The Morgan fingerprint density at radius 3 is 2.19 bits per heavy atom. The second kappa shape index (κ2) is 5.69. The molecule has 1 aliphatic rings. The zero-order valence-electron chi connectivity index (χ0n) is 17.8. The van der Waals surface area contributed by atoms with E-state index in [1.54, 1.807) is 0 Å². The van der Waals surface area contributed by atoms with E-state index in [4.69, 9.17) is 0 Å². The van der Waals surface area contributed by atoms with Crippen molar-refractivity contribution in [3.8, 4) is 0 Å². The number of nitrogens with one attached hydrogen (secondary N) is 1. The number of aromatic amines is 1. The molecule has 1 aromatic heterocycles. The Balaban J connectivity index is 2.33. The first-order valence-electron chi connectivity index (χ1n) is 9.72. The van der Waals surface area contributed by atoms with Gasteiger partial charge < -0.3 is 4.98 Å². The van der Waals surface area contributed by atoms with Crippen LogP contribution in [0.1, 0.15) is 79.5 Å². The van der Waals surface area contributed by atoms with E-state index in [1.807, 2.05) is 20.8 Å². The van der Waals surface area contributed by atoms with Gasteiger partial charge >= 0.3 is 0 Å². The Kier molecular flexibility index (Phi) is 4.19. The number of hydrogen-bond acceptors (Lipinski definition) is 2. The van der Waals surface area contributed by atoms with Gasteiger partial charge in [-0.25, -0.2) is 0 Å². The number of ketones is 1. The molecule has 142 valence electrons. The van der Waals surface area contributed by atoms with Crippen molar-refractivity contribution in [2.45, 2.75) is 85.4 Å². The summed E-state index contributed by atoms with van der Waals surface area (Å²) in [7, 11) is 0. The van der Waals surface area contributed by atoms with Crippen LogP contribution in [0.5, 0.6) is 0 Å². The molecule has 0 saturated carbocycles. The molecule has 0 saturated heterocycles. The topological polar surface area (TPSA) is 36.1 Å². The van der Waals surface area contributed by atoms with Crippen molar-refractivity contribution in [1.29, 1.82) is 0 Å². The average Bonchev–Trinajstić information content (AvgIpc) is 2.88. The molecule has 2 unspecified atom stereocenters. The Hall–Kier alpha value is -1.61. The van der Waals surface area contributed by atoms with E-state index in [0.29, 0.717) is 5.78 Å². The maximum atomic E-state index is 13.6. The standard InChI is InChI=1S/C23H34N2O/c1-14-17-15-12-10-11-13-16(15)24-19(17)23(8,9)25(22(5,6)7)18(14)20(26)21(2,3)4/h10-14,18,24H,1-9H3. The van der Waals surface area contributed by atoms with Crippen LogP contribution < -0.4 is 0 Å². The third kappa shape index (κ3) is 2.72. The first kappa shape index (κ1) is 19.2. The summed E-state index contributed by atoms with van der Waals surface area (Å²) in [6.45, 7) is 19.5. The minimum Gasteiger partial charge on any atom is -0.357 e. The molecule has 2 atom stereocenters. The molecular formula is C23H34N2O. The van der Waals surface area contributed by atoms with Crippen molar-refractivity contribution in [3.63, 3.8) is 0 Å². The Morgan fingerprint density at radius 2 is 1.65 bits per heavy atom. The number of benzene rings is 1. The molecule has 2 heterocycles. The molecule has 0 aliphatic carbocycles. The molecule has 2 aromatic rings. The first-order valence-corrected chi connectivity index (χ1v) is 9.72. The summed E-state index contributed by atoms with van der Waals surface area (Å²) in [5.74, 6) is 0.462. The van der Waals surface area contributed by atoms with Gasteiger partial charge in [0.25, 0.3) is 0 Å². The number of H-pyrrole nitrogens is 1. The molecule has 1 N–H and O–H groups in total. The van der Waals surface area contributed by atoms with E-state index in [1.165, 1.54) is 16.6 Å². The highest BCUT2D eigenvalue weighted by Gasteiger charge is 2.53. The maximum Gasteiger partial charge on any atom is 0.155 e. The lowest BCUT2D eigenvalue weighted by atomic mass is 9.70. The van der Waals surface area contributed by atoms with Crippen LogP contribution in [0.4, 0.5) is 0 Å². The normalized spacial score (nSPS) is 23.9. The van der Waals surface area contributed by atoms with E-state index in [2.05, 4.69) is 75.7 Å². The van der Waals surface area contributed by atoms with Crippen molar-refractivity contribution in [3.05, 3.63) is 35.5 Å². The van der Waals surface area contributed by atoms with Gasteiger partial charge in [0.05, 0.1) is 11.6 Å². The zero-order valence-corrected chi connectivity index (χ0v) is 17.8. The van der Waals surface area contributed by atoms with Crippen molar-refractivity contribution < 1.29 is 4.79 Å². The summed E-state index contributed by atoms with van der Waals surface area (Å²) in [4.78, 5) is 19.7. The number of rotatable bonds is 1. The lowest BCUT2D eigenvalue weighted by molar-refractivity contribution is -0.142. The van der Waals surface area contributed by atoms with Gasteiger partial charge in [-0.2, -0.15) is 0 Å². The van der Waals surface area contributed by atoms with Crippen LogP contribution in [-0.2, 0) is 10.3 Å². The van der Waals surface area contributed by atoms with Gasteiger partial charge in [-0.3, -0.25) is 9.69 Å². The highest BCUT2D eigenvalue weighted by molar-refractivity contribution is 5.93. The summed E-state index contributed by atoms with van der Waals surface area (Å²) in [5.41, 5.74) is 2.97. The van der Waals surface area contributed by atoms with Crippen LogP contribution >= 0.6 is 0 Å². The number of aromatic nitrogens is 1. The number of nitrogens with zero attached hydrogens (tertiary/aromatic N) is 1. The van der Waals surface area contributed by atoms with E-state index in [9.17, 15) is 4.79 Å². The number of hydrogen-bond donors (Lipinski definition) is 1. The smallest absolute Gasteiger partial charge is 0.155 e. The Labute approximate surface area is 158 Å². The molecule has 1 aromatic carbocycles. The maximum absolute atomic E-state index is 13.6. The van der Waals surface area contributed by atoms with Crippen LogP contribution in [-0.4, -0.2) is 27.2 Å². The molecule has 0 radical (unpaired) electrons. The second-order valence-electron chi connectivity index (χ2n) is 10.4. The summed E-state index contributed by atoms with van der Waals surface area (Å²) >= 11 is 0. The van der Waals surface area contributed by atoms with Crippen LogP contribution in [0.25, 0.3) is 10.9 Å². The summed E-state index contributed by atoms with van der Waals surface area (Å²) in [6, 6.07) is 8.34. The Morgan fingerprint density at radius 1 is 1.08 bits per heavy atom. The molecule has 3 nitrogen and oxygen atoms in total. The van der Waals surface area contributed by atoms with Gasteiger partial charge in [-0.1, -0.05) is 45.9 Å². The quantitative estimate of drug-likeness (QED) is 0.723. The van der Waals surface area contributed by atoms with Crippen molar-refractivity contribution in [1.82, 2.24) is 9.88 Å². The fourth-order valence-corrected chi connectivity index (χ4v) is 5.01. The zero-order chi connectivity index (χ0) is 19.7. The lowest BCUT2D eigenvalue weighted by Gasteiger charge is -2.56. The van der Waals surface area contributed by atoms with Crippen LogP contribution in [0.3, 0.4) is 0 Å². The first-order chi connectivity index (χ1) is 11.8. The number of fused-ring (bicyclic) bond motifs is 3. The second-order valence-corrected chi connectivity index (χ2v) is 10.4. The van der Waals surface area contributed by atoms with Gasteiger partial charge in [0.15, 0.2) is 5.78 Å². The van der Waals surface area contributed by atoms with Gasteiger partial charge in [0, 0.05) is 33.5 Å². The van der Waals surface area contributed by atoms with Crippen molar-refractivity contribution in [2.75, 3.05) is 0 Å². The number of carbonyl (C=O) groups is 1. The van der Waals surface area contributed by atoms with Crippen LogP contribution in [0.15, 0.2) is 24.3 Å². The Bertz CT molecular complexity index is 845. The summed E-state index contributed by atoms with van der Waals surface area (Å²) in [6.07, 6.45) is 0. The fourth-order valence-electron chi connectivity index (χ4n) is 5.01. The highest BCUT2D eigenvalue weighted by atomic mass is 16.1. The monoisotopic (exact) mass is 354 g/mol. The molecule has 0 fully saturated rings. The number of Topliss-reactive ketones (excluding diaryl/α,β-unsaturated/α-hetero) is 1. The van der Waals surface area contributed by atoms with Gasteiger partial charge in [-0.15, -0.1) is 0 Å². The lowest BCUT2D eigenvalue weighted by Crippen LogP contribution is -2.65. The van der Waals surface area contributed by atoms with Gasteiger partial charge in [0.2, 0.25) is 0 Å². The molecular weight excluding hydrogens is 320 g/mol. The number of carbonyl (C=O) groups excluding carboxylic acids is 1. The molecule has 3 heteroatoms. The summed E-state index contributed by atoms with van der Waals surface area (Å²) < 4.78 is 0. The van der Waals surface area contributed by atoms with E-state index in [0.717, 1.165) is 5.52 Å².